The van der Waals surface area contributed by atoms with Gasteiger partial charge in [-0.15, -0.1) is 0 Å². The first-order valence-electron chi connectivity index (χ1n) is 6.07. The number of esters is 1. The minimum absolute atomic E-state index is 0.156. The molecule has 0 unspecified atom stereocenters. The Balaban J connectivity index is 2.28. The molecule has 0 radical (unpaired) electrons. The fraction of sp³-hybridized carbons (Fsp3) is 0.538. The van der Waals surface area contributed by atoms with E-state index in [2.05, 4.69) is 23.3 Å². The molecule has 17 heavy (non-hydrogen) atoms. The predicted molar refractivity (Wildman–Crippen MR) is 66.6 cm³/mol. The van der Waals surface area contributed by atoms with Crippen LogP contribution >= 0.6 is 0 Å². The Bertz CT molecular complexity index is 353. The number of aryl methyl sites for hydroxylation is 1. The van der Waals surface area contributed by atoms with Gasteiger partial charge in [0.25, 0.3) is 0 Å². The molecule has 0 aliphatic carbocycles. The molecule has 0 bridgehead atoms. The number of rotatable bonds is 7. The molecular weight excluding hydrogens is 216 g/mol. The molecule has 0 saturated carbocycles. The summed E-state index contributed by atoms with van der Waals surface area (Å²) in [6, 6.07) is 4.02. The Morgan fingerprint density at radius 1 is 1.47 bits per heavy atom. The summed E-state index contributed by atoms with van der Waals surface area (Å²) in [6.07, 6.45) is 3.17. The molecule has 0 amide bonds. The molecule has 1 aromatic heterocycles. The molecular formula is C13H20N2O2. The zero-order chi connectivity index (χ0) is 12.5. The smallest absolute Gasteiger partial charge is 0.307 e. The van der Waals surface area contributed by atoms with Crippen molar-refractivity contribution in [3.63, 3.8) is 0 Å². The van der Waals surface area contributed by atoms with Gasteiger partial charge in [0.05, 0.1) is 18.7 Å². The third-order valence-electron chi connectivity index (χ3n) is 2.47. The van der Waals surface area contributed by atoms with Crippen LogP contribution in [0.5, 0.6) is 0 Å². The van der Waals surface area contributed by atoms with E-state index in [1.807, 2.05) is 13.0 Å². The number of carbonyl (C=O) groups is 1. The fourth-order valence-corrected chi connectivity index (χ4v) is 1.58. The zero-order valence-electron chi connectivity index (χ0n) is 10.5. The lowest BCUT2D eigenvalue weighted by Crippen LogP contribution is -2.20. The van der Waals surface area contributed by atoms with Gasteiger partial charge >= 0.3 is 5.97 Å². The molecule has 1 heterocycles. The van der Waals surface area contributed by atoms with Gasteiger partial charge in [-0.2, -0.15) is 0 Å². The lowest BCUT2D eigenvalue weighted by atomic mass is 10.1. The highest BCUT2D eigenvalue weighted by molar-refractivity contribution is 5.69. The van der Waals surface area contributed by atoms with Gasteiger partial charge in [-0.05, 0) is 25.0 Å². The SMILES string of the molecule is CCOC(=O)CCNCc1ncccc1CC. The number of nitrogens with one attached hydrogen (secondary N) is 1. The van der Waals surface area contributed by atoms with Crippen LogP contribution in [-0.4, -0.2) is 24.1 Å². The van der Waals surface area contributed by atoms with Crippen LogP contribution in [0.2, 0.25) is 0 Å². The summed E-state index contributed by atoms with van der Waals surface area (Å²) >= 11 is 0. The number of carbonyl (C=O) groups excluding carboxylic acids is 1. The van der Waals surface area contributed by atoms with E-state index >= 15 is 0 Å². The van der Waals surface area contributed by atoms with Gasteiger partial charge in [0, 0.05) is 19.3 Å². The number of hydrogen-bond acceptors (Lipinski definition) is 4. The molecule has 94 valence electrons. The summed E-state index contributed by atoms with van der Waals surface area (Å²) in [7, 11) is 0. The first-order valence-corrected chi connectivity index (χ1v) is 6.07. The summed E-state index contributed by atoms with van der Waals surface area (Å²) < 4.78 is 4.84. The van der Waals surface area contributed by atoms with Crippen molar-refractivity contribution in [2.24, 2.45) is 0 Å². The van der Waals surface area contributed by atoms with Gasteiger partial charge in [0.1, 0.15) is 0 Å². The number of pyridine rings is 1. The molecule has 0 aliphatic heterocycles. The van der Waals surface area contributed by atoms with E-state index < -0.39 is 0 Å². The second kappa shape index (κ2) is 7.79. The van der Waals surface area contributed by atoms with Gasteiger partial charge in [-0.25, -0.2) is 0 Å². The van der Waals surface area contributed by atoms with Crippen LogP contribution in [0.25, 0.3) is 0 Å². The molecule has 0 aliphatic rings. The van der Waals surface area contributed by atoms with Crippen LogP contribution in [-0.2, 0) is 22.5 Å². The summed E-state index contributed by atoms with van der Waals surface area (Å²) in [4.78, 5) is 15.4. The van der Waals surface area contributed by atoms with Crippen LogP contribution in [0.1, 0.15) is 31.5 Å². The average molecular weight is 236 g/mol. The average Bonchev–Trinajstić information content (AvgIpc) is 2.35. The summed E-state index contributed by atoms with van der Waals surface area (Å²) in [5.41, 5.74) is 2.30. The first kappa shape index (κ1) is 13.6. The Hall–Kier alpha value is -1.42. The molecule has 1 rings (SSSR count). The third-order valence-corrected chi connectivity index (χ3v) is 2.47. The molecule has 0 aromatic carbocycles. The maximum Gasteiger partial charge on any atom is 0.307 e. The van der Waals surface area contributed by atoms with Crippen LogP contribution in [0.3, 0.4) is 0 Å². The van der Waals surface area contributed by atoms with E-state index in [0.717, 1.165) is 12.1 Å². The standard InChI is InChI=1S/C13H20N2O2/c1-3-11-6-5-8-15-12(11)10-14-9-7-13(16)17-4-2/h5-6,8,14H,3-4,7,9-10H2,1-2H3. The van der Waals surface area contributed by atoms with Crippen molar-refractivity contribution >= 4 is 5.97 Å². The quantitative estimate of drug-likeness (QED) is 0.578. The van der Waals surface area contributed by atoms with Gasteiger partial charge in [-0.1, -0.05) is 13.0 Å². The molecule has 0 atom stereocenters. The van der Waals surface area contributed by atoms with E-state index in [4.69, 9.17) is 4.74 Å². The largest absolute Gasteiger partial charge is 0.466 e. The van der Waals surface area contributed by atoms with E-state index in [1.54, 1.807) is 6.20 Å². The Morgan fingerprint density at radius 2 is 2.29 bits per heavy atom. The normalized spacial score (nSPS) is 10.2. The molecule has 4 nitrogen and oxygen atoms in total. The summed E-state index contributed by atoms with van der Waals surface area (Å²) in [5, 5.41) is 3.20. The minimum Gasteiger partial charge on any atom is -0.466 e. The number of hydrogen-bond donors (Lipinski definition) is 1. The third kappa shape index (κ3) is 4.95. The van der Waals surface area contributed by atoms with Gasteiger partial charge in [0.15, 0.2) is 0 Å². The van der Waals surface area contributed by atoms with Crippen molar-refractivity contribution in [2.45, 2.75) is 33.2 Å². The summed E-state index contributed by atoms with van der Waals surface area (Å²) in [6.45, 7) is 5.69. The Kier molecular flexibility index (Phi) is 6.25. The molecule has 1 aromatic rings. The minimum atomic E-state index is -0.156. The second-order valence-corrected chi connectivity index (χ2v) is 3.69. The van der Waals surface area contributed by atoms with Crippen LogP contribution in [0, 0.1) is 0 Å². The molecule has 4 heteroatoms. The fourth-order valence-electron chi connectivity index (χ4n) is 1.58. The van der Waals surface area contributed by atoms with Crippen molar-refractivity contribution in [1.29, 1.82) is 0 Å². The van der Waals surface area contributed by atoms with Crippen LogP contribution < -0.4 is 5.32 Å². The van der Waals surface area contributed by atoms with E-state index in [1.165, 1.54) is 5.56 Å². The lowest BCUT2D eigenvalue weighted by molar-refractivity contribution is -0.142. The molecule has 0 saturated heterocycles. The second-order valence-electron chi connectivity index (χ2n) is 3.69. The highest BCUT2D eigenvalue weighted by atomic mass is 16.5. The maximum absolute atomic E-state index is 11.1. The van der Waals surface area contributed by atoms with Gasteiger partial charge < -0.3 is 10.1 Å². The van der Waals surface area contributed by atoms with Crippen molar-refractivity contribution in [2.75, 3.05) is 13.2 Å². The predicted octanol–water partition coefficient (Wildman–Crippen LogP) is 1.69. The molecule has 0 spiro atoms. The Labute approximate surface area is 102 Å². The van der Waals surface area contributed by atoms with Gasteiger partial charge in [0.2, 0.25) is 0 Å². The van der Waals surface area contributed by atoms with Crippen molar-refractivity contribution in [3.05, 3.63) is 29.6 Å². The monoisotopic (exact) mass is 236 g/mol. The maximum atomic E-state index is 11.1. The number of ether oxygens (including phenoxy) is 1. The van der Waals surface area contributed by atoms with Gasteiger partial charge in [-0.3, -0.25) is 9.78 Å². The summed E-state index contributed by atoms with van der Waals surface area (Å²) in [5.74, 6) is -0.156. The lowest BCUT2D eigenvalue weighted by Gasteiger charge is -2.07. The molecule has 1 N–H and O–H groups in total. The number of aromatic nitrogens is 1. The highest BCUT2D eigenvalue weighted by Gasteiger charge is 2.03. The van der Waals surface area contributed by atoms with Crippen molar-refractivity contribution in [1.82, 2.24) is 10.3 Å². The van der Waals surface area contributed by atoms with Crippen LogP contribution in [0.15, 0.2) is 18.3 Å². The topological polar surface area (TPSA) is 51.2 Å². The highest BCUT2D eigenvalue weighted by Crippen LogP contribution is 2.05. The molecule has 0 fully saturated rings. The zero-order valence-corrected chi connectivity index (χ0v) is 10.5. The Morgan fingerprint density at radius 3 is 3.00 bits per heavy atom. The first-order chi connectivity index (χ1) is 8.27. The van der Waals surface area contributed by atoms with Crippen LogP contribution in [0.4, 0.5) is 0 Å². The van der Waals surface area contributed by atoms with E-state index in [0.29, 0.717) is 26.1 Å². The van der Waals surface area contributed by atoms with E-state index in [-0.39, 0.29) is 5.97 Å². The van der Waals surface area contributed by atoms with Crippen molar-refractivity contribution < 1.29 is 9.53 Å². The van der Waals surface area contributed by atoms with Crippen molar-refractivity contribution in [3.8, 4) is 0 Å². The van der Waals surface area contributed by atoms with E-state index in [9.17, 15) is 4.79 Å². The number of nitrogens with zero attached hydrogens (tertiary/aromatic N) is 1.